The summed E-state index contributed by atoms with van der Waals surface area (Å²) in [5.41, 5.74) is 0. The van der Waals surface area contributed by atoms with Gasteiger partial charge in [0, 0.05) is 19.3 Å². The van der Waals surface area contributed by atoms with Crippen molar-refractivity contribution in [2.45, 2.75) is 64.8 Å². The molecule has 96 valence electrons. The first-order chi connectivity index (χ1) is 7.86. The smallest absolute Gasteiger partial charge is 0.0478 e. The number of unbranched alkanes of at least 4 members (excludes halogenated alkanes) is 1. The van der Waals surface area contributed by atoms with Crippen molar-refractivity contribution in [2.24, 2.45) is 5.92 Å². The maximum Gasteiger partial charge on any atom is 0.0478 e. The van der Waals surface area contributed by atoms with Gasteiger partial charge in [0.2, 0.25) is 0 Å². The molecule has 2 nitrogen and oxygen atoms in total. The molecule has 1 fully saturated rings. The van der Waals surface area contributed by atoms with E-state index in [0.29, 0.717) is 0 Å². The van der Waals surface area contributed by atoms with E-state index < -0.39 is 0 Å². The molecule has 1 aliphatic carbocycles. The van der Waals surface area contributed by atoms with E-state index in [9.17, 15) is 0 Å². The molecular weight excluding hydrogens is 198 g/mol. The summed E-state index contributed by atoms with van der Waals surface area (Å²) in [6, 6.07) is 0.792. The van der Waals surface area contributed by atoms with E-state index in [1.807, 2.05) is 0 Å². The normalized spacial score (nSPS) is 25.1. The van der Waals surface area contributed by atoms with Crippen LogP contribution in [0.4, 0.5) is 0 Å². The van der Waals surface area contributed by atoms with Crippen molar-refractivity contribution in [1.29, 1.82) is 0 Å². The van der Waals surface area contributed by atoms with Gasteiger partial charge < -0.3 is 10.1 Å². The first-order valence-corrected chi connectivity index (χ1v) is 7.18. The summed E-state index contributed by atoms with van der Waals surface area (Å²) in [6.07, 6.45) is 9.17. The summed E-state index contributed by atoms with van der Waals surface area (Å²) in [5.74, 6) is 0.985. The standard InChI is InChI=1S/C14H29NO/c1-3-5-10-16-11-6-9-15-14-8-7-13(4-2)12-14/h13-15H,3-12H2,1-2H3. The van der Waals surface area contributed by atoms with E-state index in [-0.39, 0.29) is 0 Å². The Balaban J connectivity index is 1.84. The minimum Gasteiger partial charge on any atom is -0.381 e. The van der Waals surface area contributed by atoms with Crippen LogP contribution in [0.1, 0.15) is 58.8 Å². The molecule has 1 aliphatic rings. The zero-order valence-electron chi connectivity index (χ0n) is 11.1. The molecule has 0 heterocycles. The van der Waals surface area contributed by atoms with Crippen molar-refractivity contribution >= 4 is 0 Å². The number of ether oxygens (including phenoxy) is 1. The van der Waals surface area contributed by atoms with Gasteiger partial charge in [-0.2, -0.15) is 0 Å². The van der Waals surface area contributed by atoms with Gasteiger partial charge in [0.25, 0.3) is 0 Å². The van der Waals surface area contributed by atoms with Crippen LogP contribution >= 0.6 is 0 Å². The second-order valence-corrected chi connectivity index (χ2v) is 5.06. The summed E-state index contributed by atoms with van der Waals surface area (Å²) in [4.78, 5) is 0. The number of hydrogen-bond donors (Lipinski definition) is 1. The number of nitrogens with one attached hydrogen (secondary N) is 1. The monoisotopic (exact) mass is 227 g/mol. The largest absolute Gasteiger partial charge is 0.381 e. The van der Waals surface area contributed by atoms with Gasteiger partial charge in [-0.1, -0.05) is 26.7 Å². The molecule has 1 saturated carbocycles. The van der Waals surface area contributed by atoms with Crippen molar-refractivity contribution in [3.8, 4) is 0 Å². The Morgan fingerprint density at radius 3 is 2.62 bits per heavy atom. The Morgan fingerprint density at radius 2 is 1.94 bits per heavy atom. The van der Waals surface area contributed by atoms with Crippen molar-refractivity contribution < 1.29 is 4.74 Å². The molecule has 1 N–H and O–H groups in total. The lowest BCUT2D eigenvalue weighted by Gasteiger charge is -2.12. The maximum atomic E-state index is 5.54. The molecule has 0 amide bonds. The Hall–Kier alpha value is -0.0800. The third-order valence-corrected chi connectivity index (χ3v) is 3.66. The SMILES string of the molecule is CCCCOCCCNC1CCC(CC)C1. The summed E-state index contributed by atoms with van der Waals surface area (Å²) < 4.78 is 5.54. The average Bonchev–Trinajstić information content (AvgIpc) is 2.76. The fraction of sp³-hybridized carbons (Fsp3) is 1.00. The quantitative estimate of drug-likeness (QED) is 0.610. The van der Waals surface area contributed by atoms with Crippen LogP contribution in [-0.2, 0) is 4.74 Å². The van der Waals surface area contributed by atoms with Crippen LogP contribution in [0.3, 0.4) is 0 Å². The van der Waals surface area contributed by atoms with Crippen LogP contribution in [0.25, 0.3) is 0 Å². The van der Waals surface area contributed by atoms with Gasteiger partial charge in [-0.15, -0.1) is 0 Å². The second-order valence-electron chi connectivity index (χ2n) is 5.06. The first-order valence-electron chi connectivity index (χ1n) is 7.18. The van der Waals surface area contributed by atoms with Crippen molar-refractivity contribution in [2.75, 3.05) is 19.8 Å². The molecule has 2 unspecified atom stereocenters. The third-order valence-electron chi connectivity index (χ3n) is 3.66. The zero-order chi connectivity index (χ0) is 11.6. The van der Waals surface area contributed by atoms with Gasteiger partial charge in [-0.25, -0.2) is 0 Å². The minimum atomic E-state index is 0.792. The number of rotatable bonds is 9. The Morgan fingerprint density at radius 1 is 1.12 bits per heavy atom. The second kappa shape index (κ2) is 9.00. The Kier molecular flexibility index (Phi) is 7.87. The minimum absolute atomic E-state index is 0.792. The maximum absolute atomic E-state index is 5.54. The molecule has 0 aliphatic heterocycles. The molecule has 16 heavy (non-hydrogen) atoms. The van der Waals surface area contributed by atoms with Crippen LogP contribution in [0.15, 0.2) is 0 Å². The molecule has 0 aromatic rings. The highest BCUT2D eigenvalue weighted by atomic mass is 16.5. The van der Waals surface area contributed by atoms with Gasteiger partial charge in [-0.3, -0.25) is 0 Å². The van der Waals surface area contributed by atoms with Crippen molar-refractivity contribution in [1.82, 2.24) is 5.32 Å². The van der Waals surface area contributed by atoms with Gasteiger partial charge in [0.1, 0.15) is 0 Å². The fourth-order valence-corrected chi connectivity index (χ4v) is 2.46. The van der Waals surface area contributed by atoms with E-state index in [4.69, 9.17) is 4.74 Å². The lowest BCUT2D eigenvalue weighted by Crippen LogP contribution is -2.28. The molecule has 0 bridgehead atoms. The van der Waals surface area contributed by atoms with Crippen LogP contribution in [-0.4, -0.2) is 25.8 Å². The van der Waals surface area contributed by atoms with E-state index in [1.165, 1.54) is 38.5 Å². The highest BCUT2D eigenvalue weighted by Gasteiger charge is 2.22. The molecular formula is C14H29NO. The van der Waals surface area contributed by atoms with Gasteiger partial charge in [0.15, 0.2) is 0 Å². The molecule has 2 atom stereocenters. The highest BCUT2D eigenvalue weighted by molar-refractivity contribution is 4.79. The van der Waals surface area contributed by atoms with Crippen LogP contribution in [0.5, 0.6) is 0 Å². The number of hydrogen-bond acceptors (Lipinski definition) is 2. The lowest BCUT2D eigenvalue weighted by atomic mass is 10.1. The molecule has 2 heteroatoms. The molecule has 0 saturated heterocycles. The van der Waals surface area contributed by atoms with E-state index in [2.05, 4.69) is 19.2 Å². The van der Waals surface area contributed by atoms with Gasteiger partial charge in [-0.05, 0) is 44.6 Å². The third kappa shape index (κ3) is 5.86. The Bertz CT molecular complexity index is 161. The summed E-state index contributed by atoms with van der Waals surface area (Å²) >= 11 is 0. The first kappa shape index (κ1) is 14.0. The van der Waals surface area contributed by atoms with Crippen molar-refractivity contribution in [3.63, 3.8) is 0 Å². The van der Waals surface area contributed by atoms with E-state index in [0.717, 1.165) is 38.1 Å². The molecule has 0 radical (unpaired) electrons. The Labute approximate surface area is 101 Å². The van der Waals surface area contributed by atoms with Crippen LogP contribution in [0, 0.1) is 5.92 Å². The van der Waals surface area contributed by atoms with E-state index >= 15 is 0 Å². The van der Waals surface area contributed by atoms with Gasteiger partial charge in [0.05, 0.1) is 0 Å². The van der Waals surface area contributed by atoms with Crippen LogP contribution in [0.2, 0.25) is 0 Å². The predicted molar refractivity (Wildman–Crippen MR) is 69.8 cm³/mol. The van der Waals surface area contributed by atoms with Crippen molar-refractivity contribution in [3.05, 3.63) is 0 Å². The molecule has 0 spiro atoms. The van der Waals surface area contributed by atoms with E-state index in [1.54, 1.807) is 0 Å². The zero-order valence-corrected chi connectivity index (χ0v) is 11.1. The average molecular weight is 227 g/mol. The topological polar surface area (TPSA) is 21.3 Å². The predicted octanol–water partition coefficient (Wildman–Crippen LogP) is 3.36. The lowest BCUT2D eigenvalue weighted by molar-refractivity contribution is 0.128. The summed E-state index contributed by atoms with van der Waals surface area (Å²) in [7, 11) is 0. The summed E-state index contributed by atoms with van der Waals surface area (Å²) in [5, 5.41) is 3.66. The van der Waals surface area contributed by atoms with Gasteiger partial charge >= 0.3 is 0 Å². The molecule has 0 aromatic heterocycles. The van der Waals surface area contributed by atoms with Crippen LogP contribution < -0.4 is 5.32 Å². The molecule has 1 rings (SSSR count). The highest BCUT2D eigenvalue weighted by Crippen LogP contribution is 2.27. The molecule has 0 aromatic carbocycles. The summed E-state index contributed by atoms with van der Waals surface area (Å²) in [6.45, 7) is 7.52. The fourth-order valence-electron chi connectivity index (χ4n) is 2.46.